The number of thioether (sulfide) groups is 1. The number of benzene rings is 1. The Balaban J connectivity index is 1.81. The maximum atomic E-state index is 6.41. The van der Waals surface area contributed by atoms with Crippen LogP contribution < -0.4 is 4.74 Å². The summed E-state index contributed by atoms with van der Waals surface area (Å²) < 4.78 is 18.8. The van der Waals surface area contributed by atoms with E-state index in [0.29, 0.717) is 16.9 Å². The Labute approximate surface area is 203 Å². The van der Waals surface area contributed by atoms with Gasteiger partial charge >= 0.3 is 0 Å². The molecule has 0 unspecified atom stereocenters. The molecule has 0 radical (unpaired) electrons. The molecule has 7 heteroatoms. The largest absolute Gasteiger partial charge is 0.497 e. The van der Waals surface area contributed by atoms with Gasteiger partial charge in [0.15, 0.2) is 8.32 Å². The van der Waals surface area contributed by atoms with E-state index in [-0.39, 0.29) is 5.04 Å². The normalized spacial score (nSPS) is 21.0. The molecule has 0 bridgehead atoms. The zero-order chi connectivity index (χ0) is 23.6. The molecular weight excluding hydrogens is 454 g/mol. The van der Waals surface area contributed by atoms with Crippen molar-refractivity contribution >= 4 is 36.7 Å². The van der Waals surface area contributed by atoms with Crippen molar-refractivity contribution in [2.75, 3.05) is 13.4 Å². The maximum Gasteiger partial charge on any atom is 0.220 e. The molecule has 1 heterocycles. The number of aromatic nitrogens is 1. The summed E-state index contributed by atoms with van der Waals surface area (Å²) in [5, 5.41) is 0.164. The molecule has 0 atom stereocenters. The molecule has 0 amide bonds. The van der Waals surface area contributed by atoms with Gasteiger partial charge < -0.3 is 13.9 Å². The Kier molecular flexibility index (Phi) is 7.75. The van der Waals surface area contributed by atoms with Crippen molar-refractivity contribution < 1.29 is 13.9 Å². The fraction of sp³-hybridized carbons (Fsp3) is 0.520. The standard InChI is InChI=1S/C25H35NO3S2Si/c1-24(2,3)32(6,7)28-17-21-14-20(11-12-26-21)25(29-23(30)31-5)15-19(16-25)18-9-8-10-22(13-18)27-4/h8-14,19H,15-17H2,1-7H3. The summed E-state index contributed by atoms with van der Waals surface area (Å²) in [6.45, 7) is 11.8. The van der Waals surface area contributed by atoms with Gasteiger partial charge in [-0.1, -0.05) is 44.7 Å². The summed E-state index contributed by atoms with van der Waals surface area (Å²) in [5.74, 6) is 1.28. The third kappa shape index (κ3) is 5.55. The fourth-order valence-corrected chi connectivity index (χ4v) is 5.10. The predicted molar refractivity (Wildman–Crippen MR) is 140 cm³/mol. The van der Waals surface area contributed by atoms with Crippen molar-refractivity contribution in [3.8, 4) is 5.75 Å². The summed E-state index contributed by atoms with van der Waals surface area (Å²) in [6, 6.07) is 12.5. The van der Waals surface area contributed by atoms with Gasteiger partial charge in [0.2, 0.25) is 4.38 Å². The van der Waals surface area contributed by atoms with E-state index in [9.17, 15) is 0 Å². The molecule has 1 aromatic carbocycles. The van der Waals surface area contributed by atoms with Crippen LogP contribution in [0.4, 0.5) is 0 Å². The lowest BCUT2D eigenvalue weighted by Gasteiger charge is -2.48. The highest BCUT2D eigenvalue weighted by Gasteiger charge is 2.49. The molecule has 32 heavy (non-hydrogen) atoms. The van der Waals surface area contributed by atoms with Crippen molar-refractivity contribution in [1.82, 2.24) is 4.98 Å². The molecule has 1 aliphatic rings. The van der Waals surface area contributed by atoms with E-state index in [0.717, 1.165) is 29.8 Å². The van der Waals surface area contributed by atoms with Crippen molar-refractivity contribution in [3.63, 3.8) is 0 Å². The third-order valence-corrected chi connectivity index (χ3v) is 12.4. The van der Waals surface area contributed by atoms with Gasteiger partial charge in [-0.15, -0.1) is 0 Å². The Hall–Kier alpha value is -1.41. The summed E-state index contributed by atoms with van der Waals surface area (Å²) in [6.07, 6.45) is 5.56. The number of nitrogens with zero attached hydrogens (tertiary/aromatic N) is 1. The highest BCUT2D eigenvalue weighted by atomic mass is 32.2. The topological polar surface area (TPSA) is 40.6 Å². The van der Waals surface area contributed by atoms with E-state index < -0.39 is 13.9 Å². The van der Waals surface area contributed by atoms with Crippen LogP contribution in [0, 0.1) is 0 Å². The number of ether oxygens (including phenoxy) is 2. The van der Waals surface area contributed by atoms with E-state index >= 15 is 0 Å². The van der Waals surface area contributed by atoms with Crippen LogP contribution in [0.1, 0.15) is 56.4 Å². The Morgan fingerprint density at radius 3 is 2.56 bits per heavy atom. The molecule has 2 aromatic rings. The highest BCUT2D eigenvalue weighted by Crippen LogP contribution is 2.54. The molecule has 174 valence electrons. The van der Waals surface area contributed by atoms with E-state index in [4.69, 9.17) is 26.1 Å². The average Bonchev–Trinajstić information content (AvgIpc) is 2.73. The quantitative estimate of drug-likeness (QED) is 0.307. The van der Waals surface area contributed by atoms with Crippen LogP contribution in [0.3, 0.4) is 0 Å². The smallest absolute Gasteiger partial charge is 0.220 e. The van der Waals surface area contributed by atoms with Crippen LogP contribution in [-0.4, -0.2) is 31.0 Å². The molecule has 1 saturated carbocycles. The van der Waals surface area contributed by atoms with Gasteiger partial charge in [-0.3, -0.25) is 4.98 Å². The van der Waals surface area contributed by atoms with Gasteiger partial charge in [-0.25, -0.2) is 0 Å². The van der Waals surface area contributed by atoms with E-state index in [2.05, 4.69) is 63.1 Å². The third-order valence-electron chi connectivity index (χ3n) is 6.89. The lowest BCUT2D eigenvalue weighted by Crippen LogP contribution is -2.43. The zero-order valence-electron chi connectivity index (χ0n) is 20.2. The van der Waals surface area contributed by atoms with Crippen LogP contribution in [0.25, 0.3) is 0 Å². The summed E-state index contributed by atoms with van der Waals surface area (Å²) in [4.78, 5) is 4.58. The Morgan fingerprint density at radius 2 is 1.94 bits per heavy atom. The van der Waals surface area contributed by atoms with Crippen molar-refractivity contribution in [2.45, 2.75) is 69.9 Å². The molecular formula is C25H35NO3S2Si. The van der Waals surface area contributed by atoms with Gasteiger partial charge in [-0.05, 0) is 90.8 Å². The maximum absolute atomic E-state index is 6.41. The average molecular weight is 490 g/mol. The van der Waals surface area contributed by atoms with Gasteiger partial charge in [0, 0.05) is 6.20 Å². The second kappa shape index (κ2) is 9.83. The minimum atomic E-state index is -1.85. The Bertz CT molecular complexity index is 952. The molecule has 4 nitrogen and oxygen atoms in total. The monoisotopic (exact) mass is 489 g/mol. The molecule has 0 spiro atoms. The number of hydrogen-bond donors (Lipinski definition) is 0. The summed E-state index contributed by atoms with van der Waals surface area (Å²) in [5.41, 5.74) is 2.91. The first kappa shape index (κ1) is 25.2. The number of hydrogen-bond acceptors (Lipinski definition) is 6. The van der Waals surface area contributed by atoms with E-state index in [1.165, 1.54) is 17.3 Å². The van der Waals surface area contributed by atoms with Crippen LogP contribution in [0.15, 0.2) is 42.6 Å². The van der Waals surface area contributed by atoms with Crippen molar-refractivity contribution in [3.05, 3.63) is 59.4 Å². The SMILES string of the molecule is COc1cccc(C2CC(OC(=S)SC)(c3ccnc(CO[Si](C)(C)C(C)(C)C)c3)C2)c1. The lowest BCUT2D eigenvalue weighted by atomic mass is 9.65. The van der Waals surface area contributed by atoms with Crippen LogP contribution in [0.5, 0.6) is 5.75 Å². The van der Waals surface area contributed by atoms with Crippen LogP contribution >= 0.6 is 24.0 Å². The van der Waals surface area contributed by atoms with Crippen molar-refractivity contribution in [2.24, 2.45) is 0 Å². The highest BCUT2D eigenvalue weighted by molar-refractivity contribution is 8.22. The first-order chi connectivity index (χ1) is 15.0. The van der Waals surface area contributed by atoms with Gasteiger partial charge in [0.05, 0.1) is 19.4 Å². The molecule has 0 aliphatic heterocycles. The molecule has 1 aliphatic carbocycles. The molecule has 3 rings (SSSR count). The zero-order valence-corrected chi connectivity index (χ0v) is 22.9. The van der Waals surface area contributed by atoms with Crippen LogP contribution in [-0.2, 0) is 21.4 Å². The summed E-state index contributed by atoms with van der Waals surface area (Å²) in [7, 11) is -0.146. The number of thiocarbonyl (C=S) groups is 1. The molecule has 1 aromatic heterocycles. The predicted octanol–water partition coefficient (Wildman–Crippen LogP) is 7.05. The van der Waals surface area contributed by atoms with Gasteiger partial charge in [-0.2, -0.15) is 0 Å². The molecule has 0 N–H and O–H groups in total. The number of rotatable bonds is 7. The first-order valence-electron chi connectivity index (χ1n) is 11.0. The molecule has 0 saturated heterocycles. The van der Waals surface area contributed by atoms with Crippen molar-refractivity contribution in [1.29, 1.82) is 0 Å². The van der Waals surface area contributed by atoms with Crippen LogP contribution in [0.2, 0.25) is 18.1 Å². The second-order valence-electron chi connectivity index (χ2n) is 10.0. The Morgan fingerprint density at radius 1 is 1.22 bits per heavy atom. The van der Waals surface area contributed by atoms with E-state index in [1.807, 2.05) is 24.6 Å². The van der Waals surface area contributed by atoms with Gasteiger partial charge in [0.1, 0.15) is 11.4 Å². The van der Waals surface area contributed by atoms with Gasteiger partial charge in [0.25, 0.3) is 0 Å². The minimum absolute atomic E-state index is 0.164. The van der Waals surface area contributed by atoms with E-state index in [1.54, 1.807) is 7.11 Å². The lowest BCUT2D eigenvalue weighted by molar-refractivity contribution is -0.0350. The fourth-order valence-electron chi connectivity index (χ4n) is 3.76. The number of pyridine rings is 1. The molecule has 1 fully saturated rings. The second-order valence-corrected chi connectivity index (χ2v) is 16.2. The number of methoxy groups -OCH3 is 1. The first-order valence-corrected chi connectivity index (χ1v) is 15.5. The minimum Gasteiger partial charge on any atom is -0.497 e. The summed E-state index contributed by atoms with van der Waals surface area (Å²) >= 11 is 6.93.